The molecule has 20 heavy (non-hydrogen) atoms. The number of Topliss-reactive ketones (excluding diaryl/α,β-unsaturated/α-hetero) is 1. The van der Waals surface area contributed by atoms with Crippen molar-refractivity contribution in [2.24, 2.45) is 0 Å². The smallest absolute Gasteiger partial charge is 0.182 e. The summed E-state index contributed by atoms with van der Waals surface area (Å²) >= 11 is 12.1. The molecule has 0 saturated heterocycles. The Hall–Kier alpha value is -1.77. The van der Waals surface area contributed by atoms with Gasteiger partial charge < -0.3 is 4.57 Å². The number of rotatable bonds is 3. The van der Waals surface area contributed by atoms with Crippen LogP contribution in [-0.2, 0) is 6.54 Å². The van der Waals surface area contributed by atoms with Gasteiger partial charge in [-0.2, -0.15) is 0 Å². The summed E-state index contributed by atoms with van der Waals surface area (Å²) in [6.45, 7) is 0.244. The third kappa shape index (κ3) is 2.45. The number of ketones is 1. The molecule has 0 radical (unpaired) electrons. The van der Waals surface area contributed by atoms with Crippen LogP contribution >= 0.6 is 23.2 Å². The van der Waals surface area contributed by atoms with E-state index in [1.54, 1.807) is 30.5 Å². The van der Waals surface area contributed by atoms with Crippen molar-refractivity contribution < 1.29 is 4.79 Å². The van der Waals surface area contributed by atoms with E-state index in [0.717, 1.165) is 10.9 Å². The fraction of sp³-hybridized carbons (Fsp3) is 0.0625. The summed E-state index contributed by atoms with van der Waals surface area (Å²) < 4.78 is 1.86. The molecule has 2 aromatic carbocycles. The normalized spacial score (nSPS) is 10.9. The first-order chi connectivity index (χ1) is 9.65. The standard InChI is InChI=1S/C16H11Cl2NO/c17-12-5-3-4-11(8-12)16(20)10-19-9-14(18)13-6-1-2-7-15(13)19/h1-9H,10H2. The molecule has 0 spiro atoms. The van der Waals surface area contributed by atoms with Crippen molar-refractivity contribution in [3.63, 3.8) is 0 Å². The molecule has 0 amide bonds. The molecule has 0 atom stereocenters. The molecular formula is C16H11Cl2NO. The zero-order chi connectivity index (χ0) is 14.1. The Morgan fingerprint density at radius 2 is 1.85 bits per heavy atom. The molecule has 1 aromatic heterocycles. The number of fused-ring (bicyclic) bond motifs is 1. The monoisotopic (exact) mass is 303 g/mol. The Morgan fingerprint density at radius 1 is 1.05 bits per heavy atom. The van der Waals surface area contributed by atoms with Gasteiger partial charge in [-0.1, -0.05) is 53.5 Å². The van der Waals surface area contributed by atoms with E-state index < -0.39 is 0 Å². The molecule has 2 nitrogen and oxygen atoms in total. The van der Waals surface area contributed by atoms with Crippen LogP contribution in [0, 0.1) is 0 Å². The molecule has 0 saturated carbocycles. The van der Waals surface area contributed by atoms with Crippen LogP contribution in [0.25, 0.3) is 10.9 Å². The maximum absolute atomic E-state index is 12.3. The maximum atomic E-state index is 12.3. The number of carbonyl (C=O) groups excluding carboxylic acids is 1. The van der Waals surface area contributed by atoms with Crippen molar-refractivity contribution in [3.8, 4) is 0 Å². The molecule has 0 aliphatic rings. The van der Waals surface area contributed by atoms with Crippen molar-refractivity contribution in [3.05, 3.63) is 70.3 Å². The van der Waals surface area contributed by atoms with Gasteiger partial charge in [-0.25, -0.2) is 0 Å². The van der Waals surface area contributed by atoms with E-state index in [-0.39, 0.29) is 12.3 Å². The van der Waals surface area contributed by atoms with E-state index in [2.05, 4.69) is 0 Å². The largest absolute Gasteiger partial charge is 0.338 e. The molecule has 0 aliphatic heterocycles. The summed E-state index contributed by atoms with van der Waals surface area (Å²) in [4.78, 5) is 12.3. The lowest BCUT2D eigenvalue weighted by Crippen LogP contribution is -2.09. The Balaban J connectivity index is 1.95. The lowest BCUT2D eigenvalue weighted by atomic mass is 10.1. The molecule has 0 unspecified atom stereocenters. The van der Waals surface area contributed by atoms with Crippen LogP contribution in [0.5, 0.6) is 0 Å². The van der Waals surface area contributed by atoms with Gasteiger partial charge in [0.15, 0.2) is 5.78 Å². The van der Waals surface area contributed by atoms with Gasteiger partial charge in [-0.05, 0) is 18.2 Å². The highest BCUT2D eigenvalue weighted by Crippen LogP contribution is 2.25. The Bertz CT molecular complexity index is 792. The Morgan fingerprint density at radius 3 is 2.65 bits per heavy atom. The highest BCUT2D eigenvalue weighted by atomic mass is 35.5. The van der Waals surface area contributed by atoms with Crippen molar-refractivity contribution in [1.29, 1.82) is 0 Å². The molecule has 0 fully saturated rings. The second kappa shape index (κ2) is 5.31. The number of hydrogen-bond donors (Lipinski definition) is 0. The van der Waals surface area contributed by atoms with Crippen LogP contribution in [0.2, 0.25) is 10.0 Å². The Kier molecular flexibility index (Phi) is 3.51. The highest BCUT2D eigenvalue weighted by Gasteiger charge is 2.11. The van der Waals surface area contributed by atoms with E-state index in [1.165, 1.54) is 0 Å². The van der Waals surface area contributed by atoms with Crippen LogP contribution in [0.3, 0.4) is 0 Å². The molecule has 3 rings (SSSR count). The van der Waals surface area contributed by atoms with Crippen molar-refractivity contribution >= 4 is 39.9 Å². The lowest BCUT2D eigenvalue weighted by Gasteiger charge is -2.05. The number of benzene rings is 2. The summed E-state index contributed by atoms with van der Waals surface area (Å²) in [5.74, 6) is 0.00456. The van der Waals surface area contributed by atoms with Gasteiger partial charge in [0.25, 0.3) is 0 Å². The minimum Gasteiger partial charge on any atom is -0.338 e. The summed E-state index contributed by atoms with van der Waals surface area (Å²) in [6, 6.07) is 14.7. The van der Waals surface area contributed by atoms with Crippen molar-refractivity contribution in [2.45, 2.75) is 6.54 Å². The van der Waals surface area contributed by atoms with E-state index in [4.69, 9.17) is 23.2 Å². The van der Waals surface area contributed by atoms with Crippen LogP contribution in [-0.4, -0.2) is 10.4 Å². The first-order valence-electron chi connectivity index (χ1n) is 6.17. The van der Waals surface area contributed by atoms with Crippen LogP contribution in [0.1, 0.15) is 10.4 Å². The summed E-state index contributed by atoms with van der Waals surface area (Å²) in [5.41, 5.74) is 1.55. The summed E-state index contributed by atoms with van der Waals surface area (Å²) in [7, 11) is 0. The molecule has 0 N–H and O–H groups in total. The van der Waals surface area contributed by atoms with Gasteiger partial charge in [-0.3, -0.25) is 4.79 Å². The van der Waals surface area contributed by atoms with Gasteiger partial charge >= 0.3 is 0 Å². The zero-order valence-electron chi connectivity index (χ0n) is 10.5. The fourth-order valence-electron chi connectivity index (χ4n) is 2.24. The summed E-state index contributed by atoms with van der Waals surface area (Å²) in [6.07, 6.45) is 1.79. The molecule has 1 heterocycles. The fourth-order valence-corrected chi connectivity index (χ4v) is 2.71. The minimum absolute atomic E-state index is 0.00456. The third-order valence-corrected chi connectivity index (χ3v) is 3.74. The van der Waals surface area contributed by atoms with E-state index in [0.29, 0.717) is 15.6 Å². The molecule has 100 valence electrons. The highest BCUT2D eigenvalue weighted by molar-refractivity contribution is 6.35. The van der Waals surface area contributed by atoms with E-state index >= 15 is 0 Å². The van der Waals surface area contributed by atoms with Crippen LogP contribution in [0.4, 0.5) is 0 Å². The van der Waals surface area contributed by atoms with Gasteiger partial charge in [-0.15, -0.1) is 0 Å². The number of hydrogen-bond acceptors (Lipinski definition) is 1. The molecule has 0 bridgehead atoms. The number of nitrogens with zero attached hydrogens (tertiary/aromatic N) is 1. The number of carbonyl (C=O) groups is 1. The number of halogens is 2. The van der Waals surface area contributed by atoms with Gasteiger partial charge in [0.2, 0.25) is 0 Å². The number of aromatic nitrogens is 1. The Labute approximate surface area is 126 Å². The molecule has 3 aromatic rings. The van der Waals surface area contributed by atoms with E-state index in [9.17, 15) is 4.79 Å². The molecule has 4 heteroatoms. The average Bonchev–Trinajstić information content (AvgIpc) is 2.76. The van der Waals surface area contributed by atoms with Gasteiger partial charge in [0.05, 0.1) is 11.6 Å². The minimum atomic E-state index is 0.00456. The lowest BCUT2D eigenvalue weighted by molar-refractivity contribution is 0.0973. The van der Waals surface area contributed by atoms with Gasteiger partial charge in [0, 0.05) is 27.7 Å². The second-order valence-corrected chi connectivity index (χ2v) is 5.40. The first kappa shape index (κ1) is 13.2. The van der Waals surface area contributed by atoms with Crippen LogP contribution < -0.4 is 0 Å². The quantitative estimate of drug-likeness (QED) is 0.635. The SMILES string of the molecule is O=C(Cn1cc(Cl)c2ccccc21)c1cccc(Cl)c1. The van der Waals surface area contributed by atoms with Crippen molar-refractivity contribution in [1.82, 2.24) is 4.57 Å². The van der Waals surface area contributed by atoms with Gasteiger partial charge in [0.1, 0.15) is 0 Å². The van der Waals surface area contributed by atoms with Crippen LogP contribution in [0.15, 0.2) is 54.7 Å². The zero-order valence-corrected chi connectivity index (χ0v) is 12.0. The number of para-hydroxylation sites is 1. The van der Waals surface area contributed by atoms with E-state index in [1.807, 2.05) is 28.8 Å². The second-order valence-electron chi connectivity index (χ2n) is 4.56. The first-order valence-corrected chi connectivity index (χ1v) is 6.93. The van der Waals surface area contributed by atoms with Crippen molar-refractivity contribution in [2.75, 3.05) is 0 Å². The third-order valence-electron chi connectivity index (χ3n) is 3.20. The molecular weight excluding hydrogens is 293 g/mol. The topological polar surface area (TPSA) is 22.0 Å². The predicted octanol–water partition coefficient (Wildman–Crippen LogP) is 4.83. The predicted molar refractivity (Wildman–Crippen MR) is 82.7 cm³/mol. The molecule has 0 aliphatic carbocycles. The average molecular weight is 304 g/mol. The maximum Gasteiger partial charge on any atom is 0.182 e. The summed E-state index contributed by atoms with van der Waals surface area (Å²) in [5, 5.41) is 2.17.